The summed E-state index contributed by atoms with van der Waals surface area (Å²) in [7, 11) is 0. The number of hydrogen-bond donors (Lipinski definition) is 0. The number of furan rings is 1. The zero-order valence-corrected chi connectivity index (χ0v) is 35.2. The van der Waals surface area contributed by atoms with Crippen LogP contribution in [0.15, 0.2) is 211 Å². The lowest BCUT2D eigenvalue weighted by atomic mass is 9.96. The molecule has 0 bridgehead atoms. The van der Waals surface area contributed by atoms with Crippen molar-refractivity contribution in [2.24, 2.45) is 0 Å². The Morgan fingerprint density at radius 1 is 0.439 bits per heavy atom. The molecule has 3 aromatic heterocycles. The van der Waals surface area contributed by atoms with Gasteiger partial charge in [-0.2, -0.15) is 5.26 Å². The Morgan fingerprint density at radius 2 is 0.985 bits per heavy atom. The van der Waals surface area contributed by atoms with E-state index in [9.17, 15) is 5.26 Å². The molecular weight excluding hydrogens is 809 g/mol. The number of benzene rings is 9. The van der Waals surface area contributed by atoms with Crippen LogP contribution in [-0.4, -0.2) is 19.5 Å². The van der Waals surface area contributed by atoms with Crippen LogP contribution in [-0.2, 0) is 0 Å². The third-order valence-corrected chi connectivity index (χ3v) is 12.3. The Morgan fingerprint density at radius 3 is 1.61 bits per heavy atom. The second-order valence-corrected chi connectivity index (χ2v) is 16.2. The van der Waals surface area contributed by atoms with E-state index in [1.165, 1.54) is 0 Å². The Kier molecular flexibility index (Phi) is 9.12. The van der Waals surface area contributed by atoms with Gasteiger partial charge in [0, 0.05) is 38.2 Å². The molecule has 0 N–H and O–H groups in total. The van der Waals surface area contributed by atoms with E-state index in [1.807, 2.05) is 140 Å². The fourth-order valence-electron chi connectivity index (χ4n) is 9.13. The van der Waals surface area contributed by atoms with Crippen molar-refractivity contribution in [3.63, 3.8) is 0 Å². The van der Waals surface area contributed by atoms with Crippen LogP contribution in [0.3, 0.4) is 0 Å². The third kappa shape index (κ3) is 6.55. The molecule has 12 aromatic rings. The molecule has 3 heterocycles. The van der Waals surface area contributed by atoms with Crippen LogP contribution in [0.5, 0.6) is 0 Å². The molecule has 0 aliphatic heterocycles. The summed E-state index contributed by atoms with van der Waals surface area (Å²) >= 11 is 0. The number of aromatic nitrogens is 4. The van der Waals surface area contributed by atoms with E-state index in [4.69, 9.17) is 25.9 Å². The maximum Gasteiger partial charge on any atom is 0.187 e. The Balaban J connectivity index is 1.16. The summed E-state index contributed by atoms with van der Waals surface area (Å²) < 4.78 is 8.70. The van der Waals surface area contributed by atoms with Crippen LogP contribution in [0.2, 0.25) is 0 Å². The zero-order valence-electron chi connectivity index (χ0n) is 35.2. The predicted octanol–water partition coefficient (Wildman–Crippen LogP) is 15.3. The molecule has 0 amide bonds. The van der Waals surface area contributed by atoms with E-state index < -0.39 is 0 Å². The summed E-state index contributed by atoms with van der Waals surface area (Å²) in [6.45, 7) is 7.52. The van der Waals surface area contributed by atoms with Gasteiger partial charge >= 0.3 is 0 Å². The molecule has 0 saturated heterocycles. The number of fused-ring (bicyclic) bond motifs is 6. The highest BCUT2D eigenvalue weighted by molar-refractivity contribution is 6.14. The van der Waals surface area contributed by atoms with Crippen molar-refractivity contribution >= 4 is 49.4 Å². The second-order valence-electron chi connectivity index (χ2n) is 16.2. The van der Waals surface area contributed by atoms with Gasteiger partial charge in [-0.3, -0.25) is 0 Å². The molecule has 7 heteroatoms. The lowest BCUT2D eigenvalue weighted by molar-refractivity contribution is 0.669. The topological polar surface area (TPSA) is 84.9 Å². The van der Waals surface area contributed by atoms with Gasteiger partial charge in [-0.15, -0.1) is 0 Å². The number of hydrogen-bond acceptors (Lipinski definition) is 5. The molecule has 0 aliphatic rings. The predicted molar refractivity (Wildman–Crippen MR) is 265 cm³/mol. The summed E-state index contributed by atoms with van der Waals surface area (Å²) in [5.74, 6) is 1.67. The first-order chi connectivity index (χ1) is 32.6. The molecule has 0 saturated carbocycles. The fraction of sp³-hybridized carbons (Fsp3) is 0. The van der Waals surface area contributed by atoms with Gasteiger partial charge in [0.1, 0.15) is 11.2 Å². The molecule has 9 aromatic carbocycles. The zero-order chi connectivity index (χ0) is 44.1. The molecule has 12 rings (SSSR count). The van der Waals surface area contributed by atoms with E-state index >= 15 is 0 Å². The Labute approximate surface area is 379 Å². The Bertz CT molecular complexity index is 3760. The van der Waals surface area contributed by atoms with Gasteiger partial charge in [0.05, 0.1) is 34.9 Å². The molecular formula is C59H34N6O. The van der Waals surface area contributed by atoms with Crippen molar-refractivity contribution in [1.82, 2.24) is 19.5 Å². The molecule has 0 aliphatic carbocycles. The van der Waals surface area contributed by atoms with Crippen LogP contribution in [0.4, 0.5) is 5.69 Å². The minimum Gasteiger partial charge on any atom is -0.456 e. The number of rotatable bonds is 7. The summed E-state index contributed by atoms with van der Waals surface area (Å²) in [6.07, 6.45) is 0. The van der Waals surface area contributed by atoms with Gasteiger partial charge < -0.3 is 8.98 Å². The van der Waals surface area contributed by atoms with Gasteiger partial charge in [-0.25, -0.2) is 19.8 Å². The van der Waals surface area contributed by atoms with Gasteiger partial charge in [0.2, 0.25) is 0 Å². The highest BCUT2D eigenvalue weighted by Gasteiger charge is 2.22. The average Bonchev–Trinajstić information content (AvgIpc) is 3.94. The van der Waals surface area contributed by atoms with Crippen LogP contribution >= 0.6 is 0 Å². The van der Waals surface area contributed by atoms with Crippen molar-refractivity contribution in [2.75, 3.05) is 0 Å². The largest absolute Gasteiger partial charge is 0.456 e. The highest BCUT2D eigenvalue weighted by atomic mass is 16.3. The standard InChI is InChI=1S/C59H34N6O/c1-61-45-28-23-39(24-29-45)43-26-31-52-49(34-43)48-33-42(38-21-19-37(36-60)20-22-38)25-30-51(48)65(52)53-32-27-44(46-16-10-18-55-56(46)47-15-8-9-17-54(47)66-55)35-50(53)59-63-57(40-11-4-2-5-12-40)62-58(64-59)41-13-6-3-7-14-41/h2-35H. The summed E-state index contributed by atoms with van der Waals surface area (Å²) in [4.78, 5) is 19.3. The van der Waals surface area contributed by atoms with E-state index in [0.29, 0.717) is 28.7 Å². The quantitative estimate of drug-likeness (QED) is 0.149. The Hall–Kier alpha value is -9.43. The average molecular weight is 843 g/mol. The van der Waals surface area contributed by atoms with Crippen molar-refractivity contribution in [2.45, 2.75) is 0 Å². The molecule has 7 nitrogen and oxygen atoms in total. The molecule has 306 valence electrons. The van der Waals surface area contributed by atoms with Gasteiger partial charge in [0.15, 0.2) is 23.2 Å². The summed E-state index contributed by atoms with van der Waals surface area (Å²) in [5.41, 5.74) is 14.5. The van der Waals surface area contributed by atoms with Crippen molar-refractivity contribution < 1.29 is 4.42 Å². The van der Waals surface area contributed by atoms with Crippen molar-refractivity contribution in [3.05, 3.63) is 223 Å². The minimum atomic E-state index is 0.532. The smallest absolute Gasteiger partial charge is 0.187 e. The second kappa shape index (κ2) is 15.7. The molecule has 0 radical (unpaired) electrons. The monoisotopic (exact) mass is 842 g/mol. The first kappa shape index (κ1) is 38.3. The number of nitrogens with zero attached hydrogens (tertiary/aromatic N) is 6. The minimum absolute atomic E-state index is 0.532. The number of para-hydroxylation sites is 1. The van der Waals surface area contributed by atoms with Crippen molar-refractivity contribution in [3.8, 4) is 79.3 Å². The maximum absolute atomic E-state index is 9.55. The van der Waals surface area contributed by atoms with Crippen LogP contribution < -0.4 is 0 Å². The molecule has 0 spiro atoms. The van der Waals surface area contributed by atoms with Gasteiger partial charge in [0.25, 0.3) is 0 Å². The normalized spacial score (nSPS) is 11.3. The van der Waals surface area contributed by atoms with Gasteiger partial charge in [-0.05, 0) is 94.0 Å². The van der Waals surface area contributed by atoms with E-state index in [0.717, 1.165) is 99.5 Å². The summed E-state index contributed by atoms with van der Waals surface area (Å²) in [6, 6.07) is 71.9. The fourth-order valence-corrected chi connectivity index (χ4v) is 9.13. The van der Waals surface area contributed by atoms with Crippen LogP contribution in [0.25, 0.3) is 122 Å². The summed E-state index contributed by atoms with van der Waals surface area (Å²) in [5, 5.41) is 13.8. The molecule has 0 fully saturated rings. The maximum atomic E-state index is 9.55. The van der Waals surface area contributed by atoms with Crippen LogP contribution in [0, 0.1) is 17.9 Å². The highest BCUT2D eigenvalue weighted by Crippen LogP contribution is 2.43. The van der Waals surface area contributed by atoms with E-state index in [2.05, 4.69) is 82.2 Å². The lowest BCUT2D eigenvalue weighted by Gasteiger charge is -2.17. The van der Waals surface area contributed by atoms with E-state index in [-0.39, 0.29) is 0 Å². The van der Waals surface area contributed by atoms with E-state index in [1.54, 1.807) is 0 Å². The number of nitriles is 1. The third-order valence-electron chi connectivity index (χ3n) is 12.3. The van der Waals surface area contributed by atoms with Gasteiger partial charge in [-0.1, -0.05) is 146 Å². The first-order valence-corrected chi connectivity index (χ1v) is 21.6. The van der Waals surface area contributed by atoms with Crippen LogP contribution in [0.1, 0.15) is 5.56 Å². The molecule has 0 unspecified atom stereocenters. The van der Waals surface area contributed by atoms with Crippen molar-refractivity contribution in [1.29, 1.82) is 5.26 Å². The molecule has 0 atom stereocenters. The lowest BCUT2D eigenvalue weighted by Crippen LogP contribution is -2.04. The molecule has 66 heavy (non-hydrogen) atoms. The SMILES string of the molecule is [C-]#[N+]c1ccc(-c2ccc3c(c2)c2cc(-c4ccc(C#N)cc4)ccc2n3-c2ccc(-c3cccc4oc5ccccc5c34)cc2-c2nc(-c3ccccc3)nc(-c3ccccc3)n2)cc1. The first-order valence-electron chi connectivity index (χ1n) is 21.6.